The number of nitrogens with one attached hydrogen (secondary N) is 1. The Labute approximate surface area is 218 Å². The molecule has 0 aromatic heterocycles. The van der Waals surface area contributed by atoms with Crippen molar-refractivity contribution >= 4 is 44.8 Å². The first kappa shape index (κ1) is 23.7. The molecule has 0 spiro atoms. The molecule has 6 heteroatoms. The predicted molar refractivity (Wildman–Crippen MR) is 147 cm³/mol. The molecule has 1 heterocycles. The second-order valence-corrected chi connectivity index (χ2v) is 9.48. The molecule has 0 saturated carbocycles. The van der Waals surface area contributed by atoms with Gasteiger partial charge in [-0.1, -0.05) is 88.7 Å². The molecular weight excluding hydrogens is 514 g/mol. The molecule has 1 N–H and O–H groups in total. The highest BCUT2D eigenvalue weighted by atomic mass is 79.9. The van der Waals surface area contributed by atoms with E-state index in [1.807, 2.05) is 104 Å². The molecule has 0 bridgehead atoms. The second-order valence-electron chi connectivity index (χ2n) is 8.56. The van der Waals surface area contributed by atoms with Crippen molar-refractivity contribution in [2.45, 2.75) is 19.5 Å². The zero-order valence-corrected chi connectivity index (χ0v) is 21.3. The standard InChI is InChI=1S/C30H24BrN3O2/c1-20-24-11-6-8-14-27(24)34(30(36)25-12-5-7-13-26(25)33-20)28(22-15-17-23(31)18-16-22)29(35)32-19-21-9-3-2-4-10-21/h2-18,28H,19H2,1H3,(H,32,35). The van der Waals surface area contributed by atoms with Crippen LogP contribution in [0.25, 0.3) is 0 Å². The topological polar surface area (TPSA) is 61.8 Å². The molecular formula is C30H24BrN3O2. The number of hydrogen-bond donors (Lipinski definition) is 1. The lowest BCUT2D eigenvalue weighted by Crippen LogP contribution is -2.44. The smallest absolute Gasteiger partial charge is 0.261 e. The van der Waals surface area contributed by atoms with E-state index >= 15 is 0 Å². The van der Waals surface area contributed by atoms with E-state index in [1.54, 1.807) is 11.0 Å². The van der Waals surface area contributed by atoms with Crippen molar-refractivity contribution in [3.05, 3.63) is 130 Å². The third kappa shape index (κ3) is 4.72. The fraction of sp³-hybridized carbons (Fsp3) is 0.100. The maximum absolute atomic E-state index is 14.2. The predicted octanol–water partition coefficient (Wildman–Crippen LogP) is 6.61. The zero-order valence-electron chi connectivity index (χ0n) is 19.7. The van der Waals surface area contributed by atoms with Gasteiger partial charge in [0.2, 0.25) is 5.91 Å². The summed E-state index contributed by atoms with van der Waals surface area (Å²) in [5.74, 6) is -0.547. The molecule has 0 aliphatic carbocycles. The Morgan fingerprint density at radius 1 is 0.861 bits per heavy atom. The molecule has 178 valence electrons. The van der Waals surface area contributed by atoms with Crippen LogP contribution in [0.3, 0.4) is 0 Å². The van der Waals surface area contributed by atoms with Crippen LogP contribution in [0.4, 0.5) is 11.4 Å². The molecule has 1 unspecified atom stereocenters. The Hall–Kier alpha value is -4.03. The summed E-state index contributed by atoms with van der Waals surface area (Å²) in [5.41, 5.74) is 4.94. The average Bonchev–Trinajstić information content (AvgIpc) is 2.91. The second kappa shape index (κ2) is 10.3. The van der Waals surface area contributed by atoms with Crippen LogP contribution < -0.4 is 10.2 Å². The SMILES string of the molecule is CC1=Nc2ccccc2C(=O)N(C(C(=O)NCc2ccccc2)c2ccc(Br)cc2)c2ccccc21. The van der Waals surface area contributed by atoms with Crippen molar-refractivity contribution in [1.29, 1.82) is 0 Å². The molecule has 2 amide bonds. The summed E-state index contributed by atoms with van der Waals surface area (Å²) in [7, 11) is 0. The van der Waals surface area contributed by atoms with Gasteiger partial charge in [-0.25, -0.2) is 0 Å². The molecule has 1 atom stereocenters. The summed E-state index contributed by atoms with van der Waals surface area (Å²) in [6.07, 6.45) is 0. The third-order valence-electron chi connectivity index (χ3n) is 6.20. The first-order chi connectivity index (χ1) is 17.5. The Morgan fingerprint density at radius 2 is 1.50 bits per heavy atom. The highest BCUT2D eigenvalue weighted by Crippen LogP contribution is 2.37. The highest BCUT2D eigenvalue weighted by Gasteiger charge is 2.36. The molecule has 0 saturated heterocycles. The van der Waals surface area contributed by atoms with E-state index < -0.39 is 6.04 Å². The van der Waals surface area contributed by atoms with E-state index in [0.717, 1.165) is 21.3 Å². The van der Waals surface area contributed by atoms with Crippen LogP contribution in [0.5, 0.6) is 0 Å². The molecule has 36 heavy (non-hydrogen) atoms. The van der Waals surface area contributed by atoms with Gasteiger partial charge >= 0.3 is 0 Å². The maximum Gasteiger partial charge on any atom is 0.261 e. The third-order valence-corrected chi connectivity index (χ3v) is 6.73. The van der Waals surface area contributed by atoms with E-state index in [4.69, 9.17) is 4.99 Å². The Bertz CT molecular complexity index is 1450. The minimum absolute atomic E-state index is 0.267. The number of amides is 2. The van der Waals surface area contributed by atoms with E-state index in [1.165, 1.54) is 0 Å². The minimum Gasteiger partial charge on any atom is -0.350 e. The summed E-state index contributed by atoms with van der Waals surface area (Å²) in [4.78, 5) is 34.4. The minimum atomic E-state index is -0.894. The lowest BCUT2D eigenvalue weighted by Gasteiger charge is -2.34. The van der Waals surface area contributed by atoms with Gasteiger partial charge in [0, 0.05) is 22.3 Å². The van der Waals surface area contributed by atoms with Crippen LogP contribution in [-0.2, 0) is 11.3 Å². The Balaban J connectivity index is 1.66. The fourth-order valence-corrected chi connectivity index (χ4v) is 4.69. The van der Waals surface area contributed by atoms with Crippen molar-refractivity contribution in [2.24, 2.45) is 4.99 Å². The summed E-state index contributed by atoms with van der Waals surface area (Å²) in [6.45, 7) is 2.28. The largest absolute Gasteiger partial charge is 0.350 e. The molecule has 4 aromatic rings. The molecule has 5 nitrogen and oxygen atoms in total. The number of para-hydroxylation sites is 2. The van der Waals surface area contributed by atoms with Crippen molar-refractivity contribution in [3.63, 3.8) is 0 Å². The van der Waals surface area contributed by atoms with Gasteiger partial charge in [-0.2, -0.15) is 0 Å². The van der Waals surface area contributed by atoms with E-state index in [0.29, 0.717) is 29.0 Å². The van der Waals surface area contributed by atoms with Gasteiger partial charge < -0.3 is 5.32 Å². The molecule has 5 rings (SSSR count). The summed E-state index contributed by atoms with van der Waals surface area (Å²) >= 11 is 3.48. The molecule has 0 radical (unpaired) electrons. The van der Waals surface area contributed by atoms with E-state index in [2.05, 4.69) is 21.2 Å². The van der Waals surface area contributed by atoms with Crippen LogP contribution in [-0.4, -0.2) is 17.5 Å². The number of carbonyl (C=O) groups is 2. The average molecular weight is 538 g/mol. The van der Waals surface area contributed by atoms with Crippen LogP contribution in [0.2, 0.25) is 0 Å². The summed E-state index contributed by atoms with van der Waals surface area (Å²) in [6, 6.07) is 31.2. The first-order valence-electron chi connectivity index (χ1n) is 11.7. The van der Waals surface area contributed by atoms with Crippen molar-refractivity contribution < 1.29 is 9.59 Å². The van der Waals surface area contributed by atoms with Gasteiger partial charge in [0.25, 0.3) is 5.91 Å². The summed E-state index contributed by atoms with van der Waals surface area (Å²) < 4.78 is 0.891. The van der Waals surface area contributed by atoms with Gasteiger partial charge in [-0.15, -0.1) is 0 Å². The van der Waals surface area contributed by atoms with Crippen molar-refractivity contribution in [2.75, 3.05) is 4.90 Å². The van der Waals surface area contributed by atoms with Crippen molar-refractivity contribution in [3.8, 4) is 0 Å². The van der Waals surface area contributed by atoms with Crippen LogP contribution in [0.1, 0.15) is 40.0 Å². The Kier molecular flexibility index (Phi) is 6.78. The lowest BCUT2D eigenvalue weighted by atomic mass is 9.97. The van der Waals surface area contributed by atoms with Gasteiger partial charge in [-0.3, -0.25) is 19.5 Å². The van der Waals surface area contributed by atoms with Crippen molar-refractivity contribution in [1.82, 2.24) is 5.32 Å². The maximum atomic E-state index is 14.2. The zero-order chi connectivity index (χ0) is 25.1. The van der Waals surface area contributed by atoms with Gasteiger partial charge in [0.1, 0.15) is 6.04 Å². The van der Waals surface area contributed by atoms with E-state index in [9.17, 15) is 9.59 Å². The highest BCUT2D eigenvalue weighted by molar-refractivity contribution is 9.10. The number of aliphatic imine (C=N–C) groups is 1. The van der Waals surface area contributed by atoms with Crippen LogP contribution in [0.15, 0.2) is 113 Å². The fourth-order valence-electron chi connectivity index (χ4n) is 4.42. The molecule has 0 fully saturated rings. The van der Waals surface area contributed by atoms with Crippen LogP contribution >= 0.6 is 15.9 Å². The molecule has 1 aliphatic rings. The van der Waals surface area contributed by atoms with Gasteiger partial charge in [0.15, 0.2) is 0 Å². The number of anilines is 1. The number of carbonyl (C=O) groups excluding carboxylic acids is 2. The normalized spacial score (nSPS) is 13.6. The van der Waals surface area contributed by atoms with E-state index in [-0.39, 0.29) is 11.8 Å². The number of fused-ring (bicyclic) bond motifs is 2. The number of hydrogen-bond acceptors (Lipinski definition) is 3. The van der Waals surface area contributed by atoms with Crippen LogP contribution in [0, 0.1) is 0 Å². The first-order valence-corrected chi connectivity index (χ1v) is 12.5. The lowest BCUT2D eigenvalue weighted by molar-refractivity contribution is -0.122. The summed E-state index contributed by atoms with van der Waals surface area (Å²) in [5, 5.41) is 3.06. The molecule has 1 aliphatic heterocycles. The number of benzene rings is 4. The Morgan fingerprint density at radius 3 is 2.25 bits per heavy atom. The quantitative estimate of drug-likeness (QED) is 0.311. The monoisotopic (exact) mass is 537 g/mol. The van der Waals surface area contributed by atoms with Gasteiger partial charge in [0.05, 0.1) is 16.9 Å². The van der Waals surface area contributed by atoms with Gasteiger partial charge in [-0.05, 0) is 48.4 Å². The number of nitrogens with zero attached hydrogens (tertiary/aromatic N) is 2. The number of rotatable bonds is 5. The number of halogens is 1. The molecule has 4 aromatic carbocycles.